The van der Waals surface area contributed by atoms with E-state index in [9.17, 15) is 0 Å². The molecule has 0 aliphatic carbocycles. The van der Waals surface area contributed by atoms with Crippen LogP contribution in [0.25, 0.3) is 41.9 Å². The molecule has 4 aromatic carbocycles. The van der Waals surface area contributed by atoms with Crippen molar-refractivity contribution in [3.05, 3.63) is 108 Å². The van der Waals surface area contributed by atoms with Crippen LogP contribution in [0.5, 0.6) is 11.5 Å². The molecular formula is C36H32N2OPtSe. The van der Waals surface area contributed by atoms with Crippen LogP contribution in [-0.2, 0) is 31.9 Å². The summed E-state index contributed by atoms with van der Waals surface area (Å²) in [6.07, 6.45) is 1.87. The Kier molecular flexibility index (Phi) is 8.14. The second-order valence-electron chi connectivity index (χ2n) is 12.3. The fraction of sp³-hybridized carbons (Fsp3) is 0.222. The van der Waals surface area contributed by atoms with Crippen LogP contribution in [-0.4, -0.2) is 24.5 Å². The van der Waals surface area contributed by atoms with Crippen LogP contribution in [0.1, 0.15) is 52.7 Å². The summed E-state index contributed by atoms with van der Waals surface area (Å²) in [5, 5.41) is 2.25. The van der Waals surface area contributed by atoms with Crippen molar-refractivity contribution in [2.24, 2.45) is 0 Å². The Morgan fingerprint density at radius 3 is 2.00 bits per heavy atom. The summed E-state index contributed by atoms with van der Waals surface area (Å²) in [5.74, 6) is 1.34. The largest absolute Gasteiger partial charge is 2.00 e. The molecule has 6 rings (SSSR count). The second kappa shape index (κ2) is 11.3. The van der Waals surface area contributed by atoms with Crippen LogP contribution in [0.4, 0.5) is 0 Å². The Balaban J connectivity index is 0.00000337. The Hall–Kier alpha value is -3.03. The fourth-order valence-corrected chi connectivity index (χ4v) is 6.71. The first-order chi connectivity index (χ1) is 19.0. The molecule has 0 N–H and O–H groups in total. The second-order valence-corrected chi connectivity index (χ2v) is 14.4. The van der Waals surface area contributed by atoms with Gasteiger partial charge in [-0.25, -0.2) is 0 Å². The van der Waals surface area contributed by atoms with Crippen LogP contribution in [0.2, 0.25) is 0 Å². The van der Waals surface area contributed by atoms with Gasteiger partial charge in [0.2, 0.25) is 0 Å². The summed E-state index contributed by atoms with van der Waals surface area (Å²) in [6.45, 7) is 13.3. The van der Waals surface area contributed by atoms with E-state index in [2.05, 4.69) is 120 Å². The number of pyridine rings is 1. The van der Waals surface area contributed by atoms with E-state index in [4.69, 9.17) is 14.7 Å². The molecule has 0 radical (unpaired) electrons. The molecular weight excluding hydrogens is 750 g/mol. The molecule has 0 aliphatic rings. The molecule has 3 nitrogen and oxygen atoms in total. The van der Waals surface area contributed by atoms with Crippen LogP contribution >= 0.6 is 0 Å². The zero-order valence-corrected chi connectivity index (χ0v) is 28.1. The molecule has 41 heavy (non-hydrogen) atoms. The minimum atomic E-state index is -0.0818. The predicted octanol–water partition coefficient (Wildman–Crippen LogP) is 9.16. The molecule has 0 atom stereocenters. The predicted molar refractivity (Wildman–Crippen MR) is 166 cm³/mol. The molecule has 0 unspecified atom stereocenters. The molecule has 0 saturated heterocycles. The van der Waals surface area contributed by atoms with Gasteiger partial charge in [-0.1, -0.05) is 6.07 Å². The maximum Gasteiger partial charge on any atom is 2.00 e. The van der Waals surface area contributed by atoms with Gasteiger partial charge in [-0.2, -0.15) is 0 Å². The average molecular weight is 783 g/mol. The van der Waals surface area contributed by atoms with Gasteiger partial charge >= 0.3 is 258 Å². The van der Waals surface area contributed by atoms with Crippen LogP contribution in [0, 0.1) is 12.1 Å². The van der Waals surface area contributed by atoms with Gasteiger partial charge in [-0.3, -0.25) is 0 Å². The number of nitrogens with zero attached hydrogens (tertiary/aromatic N) is 2. The Labute approximate surface area is 263 Å². The first kappa shape index (κ1) is 29.5. The standard InChI is InChI=1S/C36H32N2OSe.Pt/c1-35(2,3)26-17-24(33-30-12-8-7-11-23(30)15-16-37-33)19-28(21-26)39-29-20-25(18-27(22-29)36(4,5)6)34-38-31-13-9-10-14-32(31)40-34;/h7-18,21-22H,1-6H3;/q-2;+2. The molecule has 0 spiro atoms. The van der Waals surface area contributed by atoms with Crippen molar-refractivity contribution in [3.63, 3.8) is 0 Å². The van der Waals surface area contributed by atoms with E-state index in [-0.39, 0.29) is 46.4 Å². The number of hydrogen-bond donors (Lipinski definition) is 0. The molecule has 0 saturated carbocycles. The number of benzene rings is 4. The van der Waals surface area contributed by atoms with E-state index >= 15 is 0 Å². The van der Waals surface area contributed by atoms with Gasteiger partial charge in [-0.15, -0.1) is 0 Å². The topological polar surface area (TPSA) is 35.0 Å². The molecule has 5 heteroatoms. The van der Waals surface area contributed by atoms with Gasteiger partial charge < -0.3 is 0 Å². The van der Waals surface area contributed by atoms with E-state index in [0.29, 0.717) is 11.5 Å². The van der Waals surface area contributed by atoms with Crippen LogP contribution in [0.3, 0.4) is 0 Å². The van der Waals surface area contributed by atoms with E-state index < -0.39 is 0 Å². The fourth-order valence-electron chi connectivity index (χ4n) is 4.75. The maximum atomic E-state index is 6.61. The maximum absolute atomic E-state index is 6.61. The molecule has 208 valence electrons. The molecule has 0 amide bonds. The number of aromatic nitrogens is 2. The quantitative estimate of drug-likeness (QED) is 0.132. The molecule has 2 heterocycles. The van der Waals surface area contributed by atoms with Gasteiger partial charge in [-0.05, 0) is 0 Å². The van der Waals surface area contributed by atoms with E-state index in [1.807, 2.05) is 18.3 Å². The smallest absolute Gasteiger partial charge is 2.00 e. The molecule has 0 bridgehead atoms. The number of hydrogen-bond acceptors (Lipinski definition) is 3. The zero-order valence-electron chi connectivity index (χ0n) is 24.1. The summed E-state index contributed by atoms with van der Waals surface area (Å²) in [6, 6.07) is 34.5. The number of rotatable bonds is 4. The van der Waals surface area contributed by atoms with Crippen LogP contribution < -0.4 is 4.74 Å². The normalized spacial score (nSPS) is 12.0. The summed E-state index contributed by atoms with van der Waals surface area (Å²) >= 11 is 0.131. The Bertz CT molecular complexity index is 1820. The third kappa shape index (κ3) is 6.26. The van der Waals surface area contributed by atoms with Crippen molar-refractivity contribution in [2.75, 3.05) is 0 Å². The summed E-state index contributed by atoms with van der Waals surface area (Å²) < 4.78 is 9.00. The number of ether oxygens (including phenoxy) is 1. The van der Waals surface area contributed by atoms with Crippen molar-refractivity contribution in [1.82, 2.24) is 9.97 Å². The minimum Gasteiger partial charge on any atom is 2.00 e. The number of para-hydroxylation sites is 1. The van der Waals surface area contributed by atoms with E-state index in [0.717, 1.165) is 43.2 Å². The average Bonchev–Trinajstić information content (AvgIpc) is 3.36. The Morgan fingerprint density at radius 2 is 1.32 bits per heavy atom. The van der Waals surface area contributed by atoms with Gasteiger partial charge in [0.25, 0.3) is 0 Å². The first-order valence-corrected chi connectivity index (χ1v) is 15.3. The van der Waals surface area contributed by atoms with E-state index in [1.165, 1.54) is 9.82 Å². The zero-order chi connectivity index (χ0) is 28.1. The van der Waals surface area contributed by atoms with Crippen LogP contribution in [0.15, 0.2) is 85.1 Å². The molecule has 0 aliphatic heterocycles. The summed E-state index contributed by atoms with van der Waals surface area (Å²) in [5.41, 5.74) is 6.10. The van der Waals surface area contributed by atoms with Crippen molar-refractivity contribution in [3.8, 4) is 32.9 Å². The SMILES string of the molecule is CC(C)(C)c1cc(Oc2[c-]c(-c3nccc4ccccc34)cc(C(C)(C)C)c2)[c-]c(-c2nc3ccccc3[se]2)c1.[Pt+2]. The van der Waals surface area contributed by atoms with Gasteiger partial charge in [0.1, 0.15) is 0 Å². The van der Waals surface area contributed by atoms with Crippen molar-refractivity contribution in [1.29, 1.82) is 0 Å². The number of fused-ring (bicyclic) bond motifs is 2. The van der Waals surface area contributed by atoms with Gasteiger partial charge in [0, 0.05) is 0 Å². The van der Waals surface area contributed by atoms with Crippen molar-refractivity contribution < 1.29 is 25.8 Å². The monoisotopic (exact) mass is 783 g/mol. The summed E-state index contributed by atoms with van der Waals surface area (Å²) in [7, 11) is 0. The summed E-state index contributed by atoms with van der Waals surface area (Å²) in [4.78, 5) is 9.74. The molecule has 0 fully saturated rings. The van der Waals surface area contributed by atoms with Crippen molar-refractivity contribution in [2.45, 2.75) is 52.4 Å². The van der Waals surface area contributed by atoms with Crippen molar-refractivity contribution >= 4 is 35.1 Å². The van der Waals surface area contributed by atoms with Gasteiger partial charge in [0.05, 0.1) is 0 Å². The first-order valence-electron chi connectivity index (χ1n) is 13.6. The molecule has 2 aromatic heterocycles. The minimum absolute atomic E-state index is 0. The third-order valence-electron chi connectivity index (χ3n) is 7.09. The third-order valence-corrected chi connectivity index (χ3v) is 9.34. The van der Waals surface area contributed by atoms with E-state index in [1.54, 1.807) is 0 Å². The Morgan fingerprint density at radius 1 is 0.707 bits per heavy atom. The van der Waals surface area contributed by atoms with Gasteiger partial charge in [0.15, 0.2) is 0 Å². The molecule has 6 aromatic rings.